The van der Waals surface area contributed by atoms with Crippen LogP contribution in [0.2, 0.25) is 0 Å². The first-order chi connectivity index (χ1) is 30.2. The molecule has 0 atom stereocenters. The van der Waals surface area contributed by atoms with Gasteiger partial charge in [-0.3, -0.25) is 0 Å². The van der Waals surface area contributed by atoms with Crippen molar-refractivity contribution in [2.75, 3.05) is 0 Å². The van der Waals surface area contributed by atoms with Crippen molar-refractivity contribution < 1.29 is 0 Å². The Morgan fingerprint density at radius 2 is 0.721 bits per heavy atom. The van der Waals surface area contributed by atoms with E-state index in [9.17, 15) is 0 Å². The van der Waals surface area contributed by atoms with Crippen LogP contribution in [0.1, 0.15) is 0 Å². The Kier molecular flexibility index (Phi) is 8.13. The van der Waals surface area contributed by atoms with Crippen molar-refractivity contribution in [1.29, 1.82) is 0 Å². The minimum absolute atomic E-state index is 0.607. The van der Waals surface area contributed by atoms with Crippen LogP contribution in [0.15, 0.2) is 218 Å². The highest BCUT2D eigenvalue weighted by molar-refractivity contribution is 6.15. The molecule has 0 aliphatic rings. The molecule has 4 nitrogen and oxygen atoms in total. The standard InChI is InChI=1S/C57H36N4/c1-3-17-39(18-4-1)49-34-47(57-59-55(40-19-5-2-6-20-40)58-56(60-57)46-30-28-38-16-8-10-22-42(38)32-46)35-50(45-29-27-37-15-7-9-21-41(37)31-45)54(49)61-52-26-14-13-25-48(52)51-33-43-23-11-12-24-44(43)36-53(51)61/h1-36H. The van der Waals surface area contributed by atoms with Gasteiger partial charge in [0.15, 0.2) is 17.5 Å². The number of nitrogens with zero attached hydrogens (tertiary/aromatic N) is 4. The van der Waals surface area contributed by atoms with Crippen LogP contribution in [0, 0.1) is 0 Å². The molecular weight excluding hydrogens is 741 g/mol. The molecule has 0 aliphatic carbocycles. The molecule has 0 amide bonds. The van der Waals surface area contributed by atoms with E-state index in [0.717, 1.165) is 61.1 Å². The zero-order valence-corrected chi connectivity index (χ0v) is 33.1. The minimum Gasteiger partial charge on any atom is -0.308 e. The molecule has 284 valence electrons. The van der Waals surface area contributed by atoms with Crippen LogP contribution in [-0.2, 0) is 0 Å². The quantitative estimate of drug-likeness (QED) is 0.169. The van der Waals surface area contributed by atoms with Crippen LogP contribution in [0.4, 0.5) is 0 Å². The lowest BCUT2D eigenvalue weighted by Gasteiger charge is -2.21. The molecule has 61 heavy (non-hydrogen) atoms. The van der Waals surface area contributed by atoms with Crippen LogP contribution >= 0.6 is 0 Å². The molecule has 0 unspecified atom stereocenters. The fraction of sp³-hybridized carbons (Fsp3) is 0. The third-order valence-electron chi connectivity index (χ3n) is 12.0. The van der Waals surface area contributed by atoms with Gasteiger partial charge in [0.1, 0.15) is 0 Å². The first-order valence-electron chi connectivity index (χ1n) is 20.7. The lowest BCUT2D eigenvalue weighted by atomic mass is 9.91. The number of fused-ring (bicyclic) bond motifs is 6. The third kappa shape index (κ3) is 6.04. The smallest absolute Gasteiger partial charge is 0.164 e. The van der Waals surface area contributed by atoms with E-state index in [1.165, 1.54) is 37.7 Å². The highest BCUT2D eigenvalue weighted by Gasteiger charge is 2.23. The van der Waals surface area contributed by atoms with Crippen LogP contribution in [0.5, 0.6) is 0 Å². The van der Waals surface area contributed by atoms with E-state index in [1.54, 1.807) is 0 Å². The number of rotatable bonds is 6. The zero-order chi connectivity index (χ0) is 40.3. The second kappa shape index (κ2) is 14.3. The van der Waals surface area contributed by atoms with E-state index >= 15 is 0 Å². The Labute approximate surface area is 352 Å². The van der Waals surface area contributed by atoms with Gasteiger partial charge in [0.25, 0.3) is 0 Å². The van der Waals surface area contributed by atoms with Crippen molar-refractivity contribution in [3.8, 4) is 62.1 Å². The Bertz CT molecular complexity index is 3650. The number of para-hydroxylation sites is 1. The third-order valence-corrected chi connectivity index (χ3v) is 12.0. The first-order valence-corrected chi connectivity index (χ1v) is 20.7. The molecule has 0 bridgehead atoms. The van der Waals surface area contributed by atoms with E-state index in [2.05, 4.69) is 205 Å². The monoisotopic (exact) mass is 776 g/mol. The van der Waals surface area contributed by atoms with Gasteiger partial charge in [-0.15, -0.1) is 0 Å². The number of hydrogen-bond acceptors (Lipinski definition) is 3. The van der Waals surface area contributed by atoms with Crippen molar-refractivity contribution >= 4 is 54.1 Å². The van der Waals surface area contributed by atoms with Crippen molar-refractivity contribution in [3.63, 3.8) is 0 Å². The molecule has 10 aromatic carbocycles. The van der Waals surface area contributed by atoms with E-state index in [1.807, 2.05) is 18.2 Å². The molecule has 0 aliphatic heterocycles. The molecule has 2 aromatic heterocycles. The molecule has 0 N–H and O–H groups in total. The van der Waals surface area contributed by atoms with Crippen LogP contribution in [0.25, 0.3) is 116 Å². The number of aromatic nitrogens is 4. The molecule has 0 radical (unpaired) electrons. The van der Waals surface area contributed by atoms with Gasteiger partial charge in [-0.1, -0.05) is 176 Å². The van der Waals surface area contributed by atoms with Gasteiger partial charge < -0.3 is 4.57 Å². The molecule has 0 saturated carbocycles. The predicted octanol–water partition coefficient (Wildman–Crippen LogP) is 14.8. The van der Waals surface area contributed by atoms with E-state index in [0.29, 0.717) is 17.5 Å². The van der Waals surface area contributed by atoms with Gasteiger partial charge >= 0.3 is 0 Å². The van der Waals surface area contributed by atoms with Crippen LogP contribution in [0.3, 0.4) is 0 Å². The SMILES string of the molecule is c1ccc(-c2nc(-c3cc(-c4ccccc4)c(-n4c5ccccc5c5cc6ccccc6cc54)c(-c4ccc5ccccc5c4)c3)nc(-c3ccc4ccccc4c3)n2)cc1. The maximum atomic E-state index is 5.32. The summed E-state index contributed by atoms with van der Waals surface area (Å²) in [6.07, 6.45) is 0. The van der Waals surface area contributed by atoms with E-state index in [-0.39, 0.29) is 0 Å². The lowest BCUT2D eigenvalue weighted by Crippen LogP contribution is -2.04. The van der Waals surface area contributed by atoms with Gasteiger partial charge in [0, 0.05) is 38.6 Å². The summed E-state index contributed by atoms with van der Waals surface area (Å²) in [4.78, 5) is 15.7. The Morgan fingerprint density at radius 3 is 1.38 bits per heavy atom. The average Bonchev–Trinajstić information content (AvgIpc) is 3.65. The molecular formula is C57H36N4. The summed E-state index contributed by atoms with van der Waals surface area (Å²) in [7, 11) is 0. The van der Waals surface area contributed by atoms with E-state index in [4.69, 9.17) is 15.0 Å². The van der Waals surface area contributed by atoms with Gasteiger partial charge in [-0.05, 0) is 85.9 Å². The molecule has 4 heteroatoms. The Balaban J connectivity index is 1.20. The van der Waals surface area contributed by atoms with E-state index < -0.39 is 0 Å². The molecule has 12 aromatic rings. The second-order valence-electron chi connectivity index (χ2n) is 15.7. The predicted molar refractivity (Wildman–Crippen MR) is 254 cm³/mol. The van der Waals surface area contributed by atoms with Gasteiger partial charge in [0.2, 0.25) is 0 Å². The topological polar surface area (TPSA) is 43.6 Å². The minimum atomic E-state index is 0.607. The Morgan fingerprint density at radius 1 is 0.262 bits per heavy atom. The summed E-state index contributed by atoms with van der Waals surface area (Å²) < 4.78 is 2.48. The highest BCUT2D eigenvalue weighted by Crippen LogP contribution is 2.45. The second-order valence-corrected chi connectivity index (χ2v) is 15.7. The fourth-order valence-electron chi connectivity index (χ4n) is 8.99. The van der Waals surface area contributed by atoms with Crippen molar-refractivity contribution in [3.05, 3.63) is 218 Å². The van der Waals surface area contributed by atoms with Crippen molar-refractivity contribution in [2.24, 2.45) is 0 Å². The fourth-order valence-corrected chi connectivity index (χ4v) is 8.99. The van der Waals surface area contributed by atoms with Gasteiger partial charge in [-0.25, -0.2) is 15.0 Å². The van der Waals surface area contributed by atoms with Crippen molar-refractivity contribution in [2.45, 2.75) is 0 Å². The molecule has 0 fully saturated rings. The number of benzene rings is 10. The molecule has 12 rings (SSSR count). The maximum absolute atomic E-state index is 5.32. The molecule has 2 heterocycles. The lowest BCUT2D eigenvalue weighted by molar-refractivity contribution is 1.07. The zero-order valence-electron chi connectivity index (χ0n) is 33.1. The number of hydrogen-bond donors (Lipinski definition) is 0. The summed E-state index contributed by atoms with van der Waals surface area (Å²) >= 11 is 0. The highest BCUT2D eigenvalue weighted by atomic mass is 15.0. The first kappa shape index (κ1) is 34.8. The largest absolute Gasteiger partial charge is 0.308 e. The molecule has 0 spiro atoms. The molecule has 0 saturated heterocycles. The summed E-state index contributed by atoms with van der Waals surface area (Å²) in [6, 6.07) is 77.9. The van der Waals surface area contributed by atoms with Gasteiger partial charge in [0.05, 0.1) is 16.7 Å². The van der Waals surface area contributed by atoms with Crippen LogP contribution < -0.4 is 0 Å². The Hall–Kier alpha value is -8.21. The maximum Gasteiger partial charge on any atom is 0.164 e. The summed E-state index contributed by atoms with van der Waals surface area (Å²) in [5, 5.41) is 9.52. The van der Waals surface area contributed by atoms with Gasteiger partial charge in [-0.2, -0.15) is 0 Å². The summed E-state index contributed by atoms with van der Waals surface area (Å²) in [6.45, 7) is 0. The summed E-state index contributed by atoms with van der Waals surface area (Å²) in [5.41, 5.74) is 10.5. The average molecular weight is 777 g/mol. The normalized spacial score (nSPS) is 11.6. The van der Waals surface area contributed by atoms with Crippen LogP contribution in [-0.4, -0.2) is 19.5 Å². The van der Waals surface area contributed by atoms with Crippen molar-refractivity contribution in [1.82, 2.24) is 19.5 Å². The summed E-state index contributed by atoms with van der Waals surface area (Å²) in [5.74, 6) is 1.86.